The zero-order chi connectivity index (χ0) is 17.9. The van der Waals surface area contributed by atoms with Crippen LogP contribution in [0, 0.1) is 5.92 Å². The van der Waals surface area contributed by atoms with Crippen LogP contribution in [0.3, 0.4) is 0 Å². The number of likely N-dealkylation sites (N-methyl/N-ethyl adjacent to an activating group) is 1. The summed E-state index contributed by atoms with van der Waals surface area (Å²) in [6.07, 6.45) is 2.39. The first kappa shape index (κ1) is 24.0. The molecule has 0 amide bonds. The minimum atomic E-state index is 0. The quantitative estimate of drug-likeness (QED) is 0.336. The molecule has 0 aliphatic carbocycles. The molecule has 25 heavy (non-hydrogen) atoms. The van der Waals surface area contributed by atoms with Gasteiger partial charge < -0.3 is 20.3 Å². The van der Waals surface area contributed by atoms with Gasteiger partial charge in [-0.1, -0.05) is 38.8 Å². The van der Waals surface area contributed by atoms with E-state index in [1.54, 1.807) is 7.11 Å². The first-order valence-corrected chi connectivity index (χ1v) is 8.79. The standard InChI is InChI=1S/C19H34N4O.HI/c1-7-16(8-2)18(23(4)5)14-22-19(20-3)21-13-15-9-11-17(24-6)12-10-15;/h9-12,16,18H,7-8,13-14H2,1-6H3,(H2,20,21,22);1H. The van der Waals surface area contributed by atoms with Crippen LogP contribution in [0.25, 0.3) is 0 Å². The molecule has 0 fully saturated rings. The minimum absolute atomic E-state index is 0. The second-order valence-electron chi connectivity index (χ2n) is 6.26. The lowest BCUT2D eigenvalue weighted by atomic mass is 9.93. The second-order valence-corrected chi connectivity index (χ2v) is 6.26. The Balaban J connectivity index is 0.00000576. The van der Waals surface area contributed by atoms with E-state index in [1.165, 1.54) is 18.4 Å². The Hall–Kier alpha value is -1.02. The predicted molar refractivity (Wildman–Crippen MR) is 118 cm³/mol. The van der Waals surface area contributed by atoms with Crippen LogP contribution in [0.15, 0.2) is 29.3 Å². The van der Waals surface area contributed by atoms with Crippen LogP contribution in [0.2, 0.25) is 0 Å². The van der Waals surface area contributed by atoms with Gasteiger partial charge in [0.25, 0.3) is 0 Å². The third-order valence-corrected chi connectivity index (χ3v) is 4.58. The van der Waals surface area contributed by atoms with E-state index >= 15 is 0 Å². The van der Waals surface area contributed by atoms with Gasteiger partial charge in [-0.15, -0.1) is 24.0 Å². The molecule has 0 bridgehead atoms. The molecule has 0 saturated carbocycles. The van der Waals surface area contributed by atoms with Crippen molar-refractivity contribution in [1.82, 2.24) is 15.5 Å². The summed E-state index contributed by atoms with van der Waals surface area (Å²) < 4.78 is 5.19. The van der Waals surface area contributed by atoms with E-state index in [1.807, 2.05) is 19.2 Å². The number of aliphatic imine (C=N–C) groups is 1. The fourth-order valence-electron chi connectivity index (χ4n) is 2.95. The zero-order valence-corrected chi connectivity index (χ0v) is 18.8. The van der Waals surface area contributed by atoms with Crippen molar-refractivity contribution in [1.29, 1.82) is 0 Å². The molecule has 6 heteroatoms. The number of nitrogens with one attached hydrogen (secondary N) is 2. The summed E-state index contributed by atoms with van der Waals surface area (Å²) in [5.74, 6) is 2.40. The summed E-state index contributed by atoms with van der Waals surface area (Å²) in [4.78, 5) is 6.64. The van der Waals surface area contributed by atoms with Crippen molar-refractivity contribution in [3.8, 4) is 5.75 Å². The van der Waals surface area contributed by atoms with Gasteiger partial charge in [0.15, 0.2) is 5.96 Å². The molecule has 1 aromatic carbocycles. The Morgan fingerprint density at radius 2 is 1.72 bits per heavy atom. The van der Waals surface area contributed by atoms with Crippen molar-refractivity contribution in [2.24, 2.45) is 10.9 Å². The van der Waals surface area contributed by atoms with Crippen molar-refractivity contribution >= 4 is 29.9 Å². The lowest BCUT2D eigenvalue weighted by Crippen LogP contribution is -2.47. The molecule has 1 atom stereocenters. The van der Waals surface area contributed by atoms with Crippen molar-refractivity contribution < 1.29 is 4.74 Å². The molecule has 0 spiro atoms. The minimum Gasteiger partial charge on any atom is -0.497 e. The van der Waals surface area contributed by atoms with Crippen LogP contribution in [-0.4, -0.2) is 51.7 Å². The van der Waals surface area contributed by atoms with Crippen LogP contribution in [0.4, 0.5) is 0 Å². The average molecular weight is 462 g/mol. The molecule has 0 aliphatic heterocycles. The number of rotatable bonds is 9. The summed E-state index contributed by atoms with van der Waals surface area (Å²) in [5.41, 5.74) is 1.20. The van der Waals surface area contributed by atoms with E-state index in [4.69, 9.17) is 4.74 Å². The summed E-state index contributed by atoms with van der Waals surface area (Å²) >= 11 is 0. The molecule has 0 saturated heterocycles. The SMILES string of the molecule is CCC(CC)C(CNC(=NC)NCc1ccc(OC)cc1)N(C)C.I. The molecule has 144 valence electrons. The summed E-state index contributed by atoms with van der Waals surface area (Å²) in [6.45, 7) is 6.16. The van der Waals surface area contributed by atoms with E-state index in [2.05, 4.69) is 60.6 Å². The third kappa shape index (κ3) is 8.27. The van der Waals surface area contributed by atoms with Gasteiger partial charge in [-0.3, -0.25) is 4.99 Å². The smallest absolute Gasteiger partial charge is 0.191 e. The Morgan fingerprint density at radius 1 is 1.12 bits per heavy atom. The maximum Gasteiger partial charge on any atom is 0.191 e. The van der Waals surface area contributed by atoms with E-state index < -0.39 is 0 Å². The predicted octanol–water partition coefficient (Wildman–Crippen LogP) is 3.34. The number of halogens is 1. The first-order valence-electron chi connectivity index (χ1n) is 8.79. The number of nitrogens with zero attached hydrogens (tertiary/aromatic N) is 2. The molecule has 0 aliphatic rings. The van der Waals surface area contributed by atoms with Crippen LogP contribution < -0.4 is 15.4 Å². The van der Waals surface area contributed by atoms with Crippen molar-refractivity contribution in [3.63, 3.8) is 0 Å². The van der Waals surface area contributed by atoms with Gasteiger partial charge in [0.05, 0.1) is 7.11 Å². The van der Waals surface area contributed by atoms with Crippen LogP contribution in [0.5, 0.6) is 5.75 Å². The van der Waals surface area contributed by atoms with Gasteiger partial charge in [-0.25, -0.2) is 0 Å². The maximum atomic E-state index is 5.19. The average Bonchev–Trinajstić information content (AvgIpc) is 2.61. The molecule has 5 nitrogen and oxygen atoms in total. The Morgan fingerprint density at radius 3 is 2.16 bits per heavy atom. The highest BCUT2D eigenvalue weighted by Crippen LogP contribution is 2.16. The van der Waals surface area contributed by atoms with Gasteiger partial charge >= 0.3 is 0 Å². The fraction of sp³-hybridized carbons (Fsp3) is 0.632. The van der Waals surface area contributed by atoms with Crippen molar-refractivity contribution in [2.75, 3.05) is 34.8 Å². The summed E-state index contributed by atoms with van der Waals surface area (Å²) in [5, 5.41) is 6.84. The van der Waals surface area contributed by atoms with E-state index in [-0.39, 0.29) is 24.0 Å². The number of methoxy groups -OCH3 is 1. The molecule has 1 aromatic rings. The third-order valence-electron chi connectivity index (χ3n) is 4.58. The molecular formula is C19H35IN4O. The topological polar surface area (TPSA) is 48.9 Å². The number of hydrogen-bond acceptors (Lipinski definition) is 3. The molecular weight excluding hydrogens is 427 g/mol. The lowest BCUT2D eigenvalue weighted by molar-refractivity contribution is 0.200. The van der Waals surface area contributed by atoms with Crippen molar-refractivity contribution in [2.45, 2.75) is 39.3 Å². The maximum absolute atomic E-state index is 5.19. The van der Waals surface area contributed by atoms with E-state index in [0.29, 0.717) is 12.0 Å². The van der Waals surface area contributed by atoms with Crippen LogP contribution in [0.1, 0.15) is 32.3 Å². The number of ether oxygens (including phenoxy) is 1. The monoisotopic (exact) mass is 462 g/mol. The number of guanidine groups is 1. The molecule has 1 unspecified atom stereocenters. The summed E-state index contributed by atoms with van der Waals surface area (Å²) in [6, 6.07) is 8.57. The Bertz CT molecular complexity index is 487. The van der Waals surface area contributed by atoms with Crippen molar-refractivity contribution in [3.05, 3.63) is 29.8 Å². The molecule has 0 aromatic heterocycles. The Kier molecular flexibility index (Phi) is 12.7. The van der Waals surface area contributed by atoms with Gasteiger partial charge in [0, 0.05) is 26.2 Å². The highest BCUT2D eigenvalue weighted by Gasteiger charge is 2.20. The normalized spacial score (nSPS) is 12.7. The van der Waals surface area contributed by atoms with Gasteiger partial charge in [0.1, 0.15) is 5.75 Å². The number of hydrogen-bond donors (Lipinski definition) is 2. The largest absolute Gasteiger partial charge is 0.497 e. The lowest BCUT2D eigenvalue weighted by Gasteiger charge is -2.32. The molecule has 0 heterocycles. The van der Waals surface area contributed by atoms with Gasteiger partial charge in [-0.05, 0) is 37.7 Å². The van der Waals surface area contributed by atoms with E-state index in [0.717, 1.165) is 24.8 Å². The Labute approximate surface area is 170 Å². The fourth-order valence-corrected chi connectivity index (χ4v) is 2.95. The number of benzene rings is 1. The van der Waals surface area contributed by atoms with E-state index in [9.17, 15) is 0 Å². The second kappa shape index (κ2) is 13.2. The summed E-state index contributed by atoms with van der Waals surface area (Å²) in [7, 11) is 7.79. The molecule has 1 rings (SSSR count). The zero-order valence-electron chi connectivity index (χ0n) is 16.5. The van der Waals surface area contributed by atoms with Crippen LogP contribution >= 0.6 is 24.0 Å². The van der Waals surface area contributed by atoms with Gasteiger partial charge in [0.2, 0.25) is 0 Å². The first-order chi connectivity index (χ1) is 11.5. The molecule has 0 radical (unpaired) electrons. The highest BCUT2D eigenvalue weighted by molar-refractivity contribution is 14.0. The molecule has 2 N–H and O–H groups in total. The highest BCUT2D eigenvalue weighted by atomic mass is 127. The van der Waals surface area contributed by atoms with Gasteiger partial charge in [-0.2, -0.15) is 0 Å². The van der Waals surface area contributed by atoms with Crippen LogP contribution in [-0.2, 0) is 6.54 Å².